The molecule has 0 atom stereocenters. The highest BCUT2D eigenvalue weighted by Crippen LogP contribution is 2.44. The third-order valence-electron chi connectivity index (χ3n) is 9.23. The highest BCUT2D eigenvalue weighted by atomic mass is 31.2. The van der Waals surface area contributed by atoms with E-state index in [0.717, 1.165) is 65.6 Å². The fourth-order valence-corrected chi connectivity index (χ4v) is 9.76. The zero-order chi connectivity index (χ0) is 31.4. The summed E-state index contributed by atoms with van der Waals surface area (Å²) < 4.78 is 17.7. The van der Waals surface area contributed by atoms with Gasteiger partial charge in [0, 0.05) is 48.7 Å². The smallest absolute Gasteiger partial charge is 0.171 e. The first-order chi connectivity index (χ1) is 23.2. The third kappa shape index (κ3) is 4.35. The molecule has 2 heterocycles. The number of nitrogens with zero attached hydrogens (tertiary/aromatic N) is 2. The fraction of sp³-hybridized carbons (Fsp3) is 0. The second-order valence-electron chi connectivity index (χ2n) is 11.9. The van der Waals surface area contributed by atoms with Gasteiger partial charge >= 0.3 is 0 Å². The van der Waals surface area contributed by atoms with Crippen LogP contribution in [0.5, 0.6) is 0 Å². The number of pyridine rings is 1. The number of hydrogen-bond acceptors (Lipinski definition) is 2. The topological polar surface area (TPSA) is 34.9 Å². The molecule has 3 nitrogen and oxygen atoms in total. The third-order valence-corrected chi connectivity index (χ3v) is 12.3. The van der Waals surface area contributed by atoms with Gasteiger partial charge in [-0.15, -0.1) is 0 Å². The minimum Gasteiger partial charge on any atom is -0.309 e. The van der Waals surface area contributed by atoms with Gasteiger partial charge in [0.25, 0.3) is 0 Å². The van der Waals surface area contributed by atoms with Crippen molar-refractivity contribution in [1.29, 1.82) is 0 Å². The molecule has 0 unspecified atom stereocenters. The van der Waals surface area contributed by atoms with Gasteiger partial charge in [-0.25, -0.2) is 4.98 Å². The number of benzene rings is 7. The molecule has 47 heavy (non-hydrogen) atoms. The monoisotopic (exact) mass is 620 g/mol. The molecule has 0 saturated carbocycles. The summed E-state index contributed by atoms with van der Waals surface area (Å²) in [5, 5.41) is 8.09. The minimum atomic E-state index is -3.17. The lowest BCUT2D eigenvalue weighted by atomic mass is 9.98. The maximum Gasteiger partial charge on any atom is 0.171 e. The summed E-state index contributed by atoms with van der Waals surface area (Å²) in [5.41, 5.74) is 6.19. The van der Waals surface area contributed by atoms with E-state index in [2.05, 4.69) is 102 Å². The second-order valence-corrected chi connectivity index (χ2v) is 14.7. The SMILES string of the molecule is O=P(c1ccccc1)(c1ccccc1)c1cccc(-c2nc3ccccc3c3cc4c(cc23)c2ccccc2n4-c2ccccc2)c1. The van der Waals surface area contributed by atoms with E-state index in [0.29, 0.717) is 0 Å². The van der Waals surface area contributed by atoms with Crippen LogP contribution in [0.15, 0.2) is 176 Å². The van der Waals surface area contributed by atoms with Crippen LogP contribution in [-0.4, -0.2) is 9.55 Å². The van der Waals surface area contributed by atoms with Gasteiger partial charge in [0.1, 0.15) is 0 Å². The zero-order valence-electron chi connectivity index (χ0n) is 25.5. The quantitative estimate of drug-likeness (QED) is 0.142. The molecule has 4 heteroatoms. The van der Waals surface area contributed by atoms with Crippen molar-refractivity contribution in [2.75, 3.05) is 0 Å². The molecule has 0 N–H and O–H groups in total. The molecule has 0 bridgehead atoms. The highest BCUT2D eigenvalue weighted by Gasteiger charge is 2.30. The molecule has 9 rings (SSSR count). The van der Waals surface area contributed by atoms with Gasteiger partial charge in [-0.2, -0.15) is 0 Å². The van der Waals surface area contributed by atoms with Gasteiger partial charge in [-0.05, 0) is 47.9 Å². The lowest BCUT2D eigenvalue weighted by Crippen LogP contribution is -2.25. The first kappa shape index (κ1) is 27.5. The van der Waals surface area contributed by atoms with Crippen LogP contribution in [0.1, 0.15) is 0 Å². The Kier molecular flexibility index (Phi) is 6.41. The Labute approximate surface area is 272 Å². The van der Waals surface area contributed by atoms with Gasteiger partial charge in [-0.1, -0.05) is 133 Å². The number of fused-ring (bicyclic) bond motifs is 6. The number of rotatable bonds is 5. The van der Waals surface area contributed by atoms with Crippen molar-refractivity contribution in [3.8, 4) is 16.9 Å². The lowest BCUT2D eigenvalue weighted by molar-refractivity contribution is 0.592. The van der Waals surface area contributed by atoms with E-state index in [4.69, 9.17) is 4.98 Å². The summed E-state index contributed by atoms with van der Waals surface area (Å²) in [6.07, 6.45) is 0. The van der Waals surface area contributed by atoms with Crippen LogP contribution in [0, 0.1) is 0 Å². The number of para-hydroxylation sites is 3. The molecule has 0 aliphatic rings. The van der Waals surface area contributed by atoms with E-state index in [1.807, 2.05) is 78.9 Å². The number of aromatic nitrogens is 2. The summed E-state index contributed by atoms with van der Waals surface area (Å²) in [6.45, 7) is 0. The molecule has 2 aromatic heterocycles. The van der Waals surface area contributed by atoms with Crippen molar-refractivity contribution >= 4 is 66.5 Å². The molecule has 7 aromatic carbocycles. The number of hydrogen-bond donors (Lipinski definition) is 0. The van der Waals surface area contributed by atoms with Gasteiger partial charge in [0.2, 0.25) is 0 Å². The average Bonchev–Trinajstić information content (AvgIpc) is 3.48. The van der Waals surface area contributed by atoms with Crippen LogP contribution in [0.4, 0.5) is 0 Å². The Morgan fingerprint density at radius 3 is 1.74 bits per heavy atom. The van der Waals surface area contributed by atoms with Crippen LogP contribution in [0.3, 0.4) is 0 Å². The molecule has 0 fully saturated rings. The average molecular weight is 621 g/mol. The van der Waals surface area contributed by atoms with Crippen molar-refractivity contribution < 1.29 is 4.57 Å². The minimum absolute atomic E-state index is 0.789. The molecule has 9 aromatic rings. The van der Waals surface area contributed by atoms with E-state index in [9.17, 15) is 0 Å². The van der Waals surface area contributed by atoms with Crippen molar-refractivity contribution in [2.24, 2.45) is 0 Å². The Morgan fingerprint density at radius 2 is 1.02 bits per heavy atom. The molecular weight excluding hydrogens is 591 g/mol. The first-order valence-corrected chi connectivity index (χ1v) is 17.5. The van der Waals surface area contributed by atoms with E-state index in [-0.39, 0.29) is 0 Å². The maximum absolute atomic E-state index is 15.3. The summed E-state index contributed by atoms with van der Waals surface area (Å²) >= 11 is 0. The highest BCUT2D eigenvalue weighted by molar-refractivity contribution is 7.85. The van der Waals surface area contributed by atoms with Gasteiger partial charge in [0.05, 0.1) is 22.2 Å². The van der Waals surface area contributed by atoms with Crippen LogP contribution in [-0.2, 0) is 4.57 Å². The van der Waals surface area contributed by atoms with Gasteiger partial charge in [0.15, 0.2) is 7.14 Å². The molecule has 0 spiro atoms. The second kappa shape index (κ2) is 10.9. The molecule has 0 aliphatic carbocycles. The predicted molar refractivity (Wildman–Crippen MR) is 198 cm³/mol. The van der Waals surface area contributed by atoms with Crippen LogP contribution in [0.25, 0.3) is 60.4 Å². The largest absolute Gasteiger partial charge is 0.309 e. The molecule has 0 amide bonds. The molecular formula is C43H29N2OP. The van der Waals surface area contributed by atoms with Crippen LogP contribution in [0.2, 0.25) is 0 Å². The lowest BCUT2D eigenvalue weighted by Gasteiger charge is -2.21. The summed E-state index contributed by atoms with van der Waals surface area (Å²) in [4.78, 5) is 5.30. The Hall–Kier alpha value is -5.76. The molecule has 0 aliphatic heterocycles. The van der Waals surface area contributed by atoms with E-state index < -0.39 is 7.14 Å². The van der Waals surface area contributed by atoms with E-state index in [1.165, 1.54) is 10.8 Å². The van der Waals surface area contributed by atoms with E-state index in [1.54, 1.807) is 0 Å². The Bertz CT molecular complexity index is 2600. The molecule has 222 valence electrons. The molecule has 0 saturated heterocycles. The first-order valence-electron chi connectivity index (χ1n) is 15.8. The van der Waals surface area contributed by atoms with Crippen LogP contribution >= 0.6 is 7.14 Å². The van der Waals surface area contributed by atoms with E-state index >= 15 is 4.57 Å². The van der Waals surface area contributed by atoms with Crippen molar-refractivity contribution in [1.82, 2.24) is 9.55 Å². The summed E-state index contributed by atoms with van der Waals surface area (Å²) in [6, 6.07) is 60.1. The summed E-state index contributed by atoms with van der Waals surface area (Å²) in [7, 11) is -3.17. The van der Waals surface area contributed by atoms with Crippen molar-refractivity contribution in [3.63, 3.8) is 0 Å². The van der Waals surface area contributed by atoms with Crippen molar-refractivity contribution in [2.45, 2.75) is 0 Å². The molecule has 0 radical (unpaired) electrons. The van der Waals surface area contributed by atoms with Crippen LogP contribution < -0.4 is 15.9 Å². The standard InChI is InChI=1S/C43H29N2OP/c46-47(32-18-6-2-7-19-32,33-20-8-3-9-21-33)34-22-14-15-30(27-34)43-39-28-38-36-24-11-13-26-41(36)45(31-16-4-1-5-17-31)42(38)29-37(39)35-23-10-12-25-40(35)44-43/h1-29H. The maximum atomic E-state index is 15.3. The zero-order valence-corrected chi connectivity index (χ0v) is 26.4. The fourth-order valence-electron chi connectivity index (χ4n) is 7.06. The van der Waals surface area contributed by atoms with Crippen molar-refractivity contribution in [3.05, 3.63) is 176 Å². The van der Waals surface area contributed by atoms with Gasteiger partial charge in [-0.3, -0.25) is 0 Å². The Balaban J connectivity index is 1.35. The predicted octanol–water partition coefficient (Wildman–Crippen LogP) is 9.79. The van der Waals surface area contributed by atoms with Gasteiger partial charge < -0.3 is 9.13 Å². The normalized spacial score (nSPS) is 11.9. The Morgan fingerprint density at radius 1 is 0.426 bits per heavy atom. The summed E-state index contributed by atoms with van der Waals surface area (Å²) in [5.74, 6) is 0.